The van der Waals surface area contributed by atoms with Crippen LogP contribution in [0.2, 0.25) is 0 Å². The minimum atomic E-state index is -0.417. The molecule has 35 heavy (non-hydrogen) atoms. The Morgan fingerprint density at radius 1 is 1.03 bits per heavy atom. The number of benzene rings is 2. The molecule has 0 spiro atoms. The van der Waals surface area contributed by atoms with Crippen LogP contribution in [0.25, 0.3) is 11.3 Å². The van der Waals surface area contributed by atoms with E-state index in [-0.39, 0.29) is 17.8 Å². The van der Waals surface area contributed by atoms with Gasteiger partial charge in [-0.05, 0) is 72.9 Å². The van der Waals surface area contributed by atoms with E-state index in [1.807, 2.05) is 78.5 Å². The first-order chi connectivity index (χ1) is 16.9. The summed E-state index contributed by atoms with van der Waals surface area (Å²) in [5.41, 5.74) is 3.66. The van der Waals surface area contributed by atoms with Gasteiger partial charge in [0.15, 0.2) is 5.11 Å². The van der Waals surface area contributed by atoms with Gasteiger partial charge in [0.2, 0.25) is 0 Å². The molecular formula is C26H23N5O3S. The van der Waals surface area contributed by atoms with Gasteiger partial charge >= 0.3 is 0 Å². The second kappa shape index (κ2) is 9.19. The van der Waals surface area contributed by atoms with Gasteiger partial charge in [0, 0.05) is 49.4 Å². The van der Waals surface area contributed by atoms with Gasteiger partial charge in [0.05, 0.1) is 16.7 Å². The number of thiocarbonyl (C=S) groups is 1. The molecule has 0 amide bonds. The third-order valence-corrected chi connectivity index (χ3v) is 6.34. The van der Waals surface area contributed by atoms with Crippen molar-refractivity contribution in [2.45, 2.75) is 12.1 Å². The molecule has 1 aliphatic rings. The third kappa shape index (κ3) is 4.33. The van der Waals surface area contributed by atoms with E-state index in [4.69, 9.17) is 16.6 Å². The largest absolute Gasteiger partial charge is 0.459 e. The Morgan fingerprint density at radius 3 is 2.40 bits per heavy atom. The summed E-state index contributed by atoms with van der Waals surface area (Å²) in [6, 6.07) is 23.6. The lowest BCUT2D eigenvalue weighted by atomic mass is 10.0. The first kappa shape index (κ1) is 22.5. The molecule has 0 saturated carbocycles. The van der Waals surface area contributed by atoms with Gasteiger partial charge in [0.1, 0.15) is 17.6 Å². The topological polar surface area (TPSA) is 87.7 Å². The number of nitro benzene ring substituents is 1. The molecule has 176 valence electrons. The monoisotopic (exact) mass is 485 g/mol. The van der Waals surface area contributed by atoms with Gasteiger partial charge in [-0.15, -0.1) is 0 Å². The SMILES string of the molecule is CN(C)c1ccc(N2C(=S)NC(c3ccccn3)C2c2ccc(-c3ccc([N+](=O)[O-])cc3)o2)cc1. The summed E-state index contributed by atoms with van der Waals surface area (Å²) < 4.78 is 6.32. The second-order valence-electron chi connectivity index (χ2n) is 8.41. The summed E-state index contributed by atoms with van der Waals surface area (Å²) in [6.45, 7) is 0. The maximum absolute atomic E-state index is 11.0. The van der Waals surface area contributed by atoms with Crippen LogP contribution < -0.4 is 15.1 Å². The summed E-state index contributed by atoms with van der Waals surface area (Å²) in [6.07, 6.45) is 1.76. The van der Waals surface area contributed by atoms with Crippen LogP contribution >= 0.6 is 12.2 Å². The molecule has 2 aromatic carbocycles. The van der Waals surface area contributed by atoms with E-state index in [0.29, 0.717) is 16.6 Å². The molecule has 2 aromatic heterocycles. The maximum Gasteiger partial charge on any atom is 0.269 e. The summed E-state index contributed by atoms with van der Waals surface area (Å²) in [4.78, 5) is 19.2. The number of nitrogens with zero attached hydrogens (tertiary/aromatic N) is 4. The molecule has 1 saturated heterocycles. The van der Waals surface area contributed by atoms with Crippen molar-refractivity contribution in [1.82, 2.24) is 10.3 Å². The minimum absolute atomic E-state index is 0.0356. The maximum atomic E-state index is 11.0. The molecule has 8 nitrogen and oxygen atoms in total. The lowest BCUT2D eigenvalue weighted by Crippen LogP contribution is -2.29. The Balaban J connectivity index is 1.55. The molecular weight excluding hydrogens is 462 g/mol. The number of hydrogen-bond donors (Lipinski definition) is 1. The zero-order valence-corrected chi connectivity index (χ0v) is 20.0. The quantitative estimate of drug-likeness (QED) is 0.218. The van der Waals surface area contributed by atoms with E-state index >= 15 is 0 Å². The molecule has 0 radical (unpaired) electrons. The molecule has 9 heteroatoms. The molecule has 2 atom stereocenters. The summed E-state index contributed by atoms with van der Waals surface area (Å²) in [5, 5.41) is 15.0. The number of hydrogen-bond acceptors (Lipinski definition) is 6. The number of nitrogens with one attached hydrogen (secondary N) is 1. The molecule has 5 rings (SSSR count). The van der Waals surface area contributed by atoms with E-state index in [1.165, 1.54) is 12.1 Å². The van der Waals surface area contributed by atoms with E-state index in [1.54, 1.807) is 18.3 Å². The number of rotatable bonds is 6. The van der Waals surface area contributed by atoms with Gasteiger partial charge in [0.25, 0.3) is 5.69 Å². The number of aromatic nitrogens is 1. The van der Waals surface area contributed by atoms with E-state index in [2.05, 4.69) is 10.3 Å². The van der Waals surface area contributed by atoms with Crippen LogP contribution in [0.15, 0.2) is 89.5 Å². The van der Waals surface area contributed by atoms with Gasteiger partial charge in [-0.3, -0.25) is 15.1 Å². The van der Waals surface area contributed by atoms with Gasteiger partial charge in [-0.1, -0.05) is 6.07 Å². The van der Waals surface area contributed by atoms with Crippen molar-refractivity contribution in [3.8, 4) is 11.3 Å². The minimum Gasteiger partial charge on any atom is -0.459 e. The van der Waals surface area contributed by atoms with Gasteiger partial charge in [-0.25, -0.2) is 0 Å². The zero-order chi connectivity index (χ0) is 24.5. The normalized spacial score (nSPS) is 17.3. The van der Waals surface area contributed by atoms with Crippen LogP contribution in [0.4, 0.5) is 17.1 Å². The summed E-state index contributed by atoms with van der Waals surface area (Å²) in [5.74, 6) is 1.33. The van der Waals surface area contributed by atoms with Crippen LogP contribution in [0.3, 0.4) is 0 Å². The first-order valence-corrected chi connectivity index (χ1v) is 11.5. The average Bonchev–Trinajstić information content (AvgIpc) is 3.49. The van der Waals surface area contributed by atoms with Crippen LogP contribution in [0.5, 0.6) is 0 Å². The number of anilines is 2. The van der Waals surface area contributed by atoms with Crippen LogP contribution in [0, 0.1) is 10.1 Å². The standard InChI is InChI=1S/C26H23N5O3S/c1-29(2)18-10-12-19(13-11-18)30-25(24(28-26(30)35)21-5-3-4-16-27-21)23-15-14-22(34-23)17-6-8-20(9-7-17)31(32)33/h3-16,24-25H,1-2H3,(H,28,35). The molecule has 1 fully saturated rings. The van der Waals surface area contributed by atoms with Crippen LogP contribution in [-0.2, 0) is 0 Å². The highest BCUT2D eigenvalue weighted by Crippen LogP contribution is 2.43. The van der Waals surface area contributed by atoms with Gasteiger partial charge < -0.3 is 19.5 Å². The van der Waals surface area contributed by atoms with Crippen molar-refractivity contribution < 1.29 is 9.34 Å². The van der Waals surface area contributed by atoms with E-state index < -0.39 is 4.92 Å². The predicted molar refractivity (Wildman–Crippen MR) is 139 cm³/mol. The molecule has 1 N–H and O–H groups in total. The van der Waals surface area contributed by atoms with Crippen molar-refractivity contribution in [3.63, 3.8) is 0 Å². The average molecular weight is 486 g/mol. The molecule has 3 heterocycles. The highest BCUT2D eigenvalue weighted by molar-refractivity contribution is 7.80. The Kier molecular flexibility index (Phi) is 5.92. The number of furan rings is 1. The highest BCUT2D eigenvalue weighted by atomic mass is 32.1. The first-order valence-electron chi connectivity index (χ1n) is 11.0. The summed E-state index contributed by atoms with van der Waals surface area (Å²) >= 11 is 5.77. The third-order valence-electron chi connectivity index (χ3n) is 6.02. The fraction of sp³-hybridized carbons (Fsp3) is 0.154. The van der Waals surface area contributed by atoms with Crippen LogP contribution in [-0.4, -0.2) is 29.1 Å². The zero-order valence-electron chi connectivity index (χ0n) is 19.2. The fourth-order valence-corrected chi connectivity index (χ4v) is 4.59. The van der Waals surface area contributed by atoms with E-state index in [0.717, 1.165) is 22.6 Å². The van der Waals surface area contributed by atoms with Gasteiger partial charge in [-0.2, -0.15) is 0 Å². The molecule has 2 unspecified atom stereocenters. The van der Waals surface area contributed by atoms with Crippen molar-refractivity contribution in [2.24, 2.45) is 0 Å². The summed E-state index contributed by atoms with van der Waals surface area (Å²) in [7, 11) is 4.00. The van der Waals surface area contributed by atoms with Crippen LogP contribution in [0.1, 0.15) is 23.5 Å². The lowest BCUT2D eigenvalue weighted by molar-refractivity contribution is -0.384. The smallest absolute Gasteiger partial charge is 0.269 e. The Hall–Kier alpha value is -4.24. The van der Waals surface area contributed by atoms with Crippen molar-refractivity contribution in [1.29, 1.82) is 0 Å². The fourth-order valence-electron chi connectivity index (χ4n) is 4.25. The number of pyridine rings is 1. The number of nitro groups is 1. The second-order valence-corrected chi connectivity index (χ2v) is 8.80. The van der Waals surface area contributed by atoms with E-state index in [9.17, 15) is 10.1 Å². The molecule has 4 aromatic rings. The Labute approximate surface area is 208 Å². The lowest BCUT2D eigenvalue weighted by Gasteiger charge is -2.26. The Morgan fingerprint density at radius 2 is 1.77 bits per heavy atom. The molecule has 0 aliphatic carbocycles. The molecule has 0 bridgehead atoms. The Bertz CT molecular complexity index is 1350. The van der Waals surface area contributed by atoms with Crippen molar-refractivity contribution in [3.05, 3.63) is 107 Å². The predicted octanol–water partition coefficient (Wildman–Crippen LogP) is 5.49. The van der Waals surface area contributed by atoms with Crippen molar-refractivity contribution >= 4 is 34.4 Å². The van der Waals surface area contributed by atoms with Crippen molar-refractivity contribution in [2.75, 3.05) is 23.9 Å². The number of non-ortho nitro benzene ring substituents is 1. The highest BCUT2D eigenvalue weighted by Gasteiger charge is 2.42. The molecule has 1 aliphatic heterocycles.